The minimum atomic E-state index is -0.259. The van der Waals surface area contributed by atoms with E-state index in [-0.39, 0.29) is 31.0 Å². The summed E-state index contributed by atoms with van der Waals surface area (Å²) < 4.78 is 5.40. The SMILES string of the molecule is Cl.O=C(c1cccc2c1CCCN2)N1CCOC(CO)C1. The number of ether oxygens (including phenoxy) is 1. The lowest BCUT2D eigenvalue weighted by atomic mass is 9.96. The van der Waals surface area contributed by atoms with Crippen molar-refractivity contribution < 1.29 is 14.6 Å². The molecule has 1 aromatic rings. The van der Waals surface area contributed by atoms with Gasteiger partial charge in [-0.2, -0.15) is 0 Å². The van der Waals surface area contributed by atoms with Crippen molar-refractivity contribution in [1.82, 2.24) is 4.90 Å². The Morgan fingerprint density at radius 1 is 1.48 bits per heavy atom. The van der Waals surface area contributed by atoms with Crippen LogP contribution in [0.1, 0.15) is 22.3 Å². The van der Waals surface area contributed by atoms with Crippen molar-refractivity contribution in [3.63, 3.8) is 0 Å². The van der Waals surface area contributed by atoms with Crippen LogP contribution in [0, 0.1) is 0 Å². The molecule has 116 valence electrons. The monoisotopic (exact) mass is 312 g/mol. The van der Waals surface area contributed by atoms with Gasteiger partial charge in [-0.3, -0.25) is 4.79 Å². The Kier molecular flexibility index (Phi) is 5.45. The van der Waals surface area contributed by atoms with Crippen molar-refractivity contribution in [2.75, 3.05) is 38.2 Å². The summed E-state index contributed by atoms with van der Waals surface area (Å²) in [7, 11) is 0. The molecule has 1 unspecified atom stereocenters. The fourth-order valence-corrected chi connectivity index (χ4v) is 2.89. The van der Waals surface area contributed by atoms with Crippen LogP contribution in [0.15, 0.2) is 18.2 Å². The van der Waals surface area contributed by atoms with Crippen molar-refractivity contribution in [1.29, 1.82) is 0 Å². The number of nitrogens with zero attached hydrogens (tertiary/aromatic N) is 1. The number of anilines is 1. The molecule has 1 atom stereocenters. The van der Waals surface area contributed by atoms with Crippen LogP contribution in [0.3, 0.4) is 0 Å². The second-order valence-corrected chi connectivity index (χ2v) is 5.29. The minimum absolute atomic E-state index is 0. The maximum atomic E-state index is 12.7. The lowest BCUT2D eigenvalue weighted by molar-refractivity contribution is -0.0447. The lowest BCUT2D eigenvalue weighted by Gasteiger charge is -2.33. The molecule has 0 bridgehead atoms. The molecule has 2 aliphatic heterocycles. The van der Waals surface area contributed by atoms with Crippen LogP contribution in [0.2, 0.25) is 0 Å². The first-order chi connectivity index (χ1) is 9.79. The number of rotatable bonds is 2. The zero-order chi connectivity index (χ0) is 13.9. The molecule has 0 aliphatic carbocycles. The molecule has 6 heteroatoms. The first-order valence-electron chi connectivity index (χ1n) is 7.17. The third kappa shape index (κ3) is 3.31. The summed E-state index contributed by atoms with van der Waals surface area (Å²) in [4.78, 5) is 14.5. The van der Waals surface area contributed by atoms with Crippen molar-refractivity contribution in [2.45, 2.75) is 18.9 Å². The van der Waals surface area contributed by atoms with E-state index in [0.717, 1.165) is 36.2 Å². The first-order valence-corrected chi connectivity index (χ1v) is 7.17. The predicted molar refractivity (Wildman–Crippen MR) is 83.2 cm³/mol. The average molecular weight is 313 g/mol. The molecule has 0 spiro atoms. The van der Waals surface area contributed by atoms with Crippen molar-refractivity contribution in [2.24, 2.45) is 0 Å². The smallest absolute Gasteiger partial charge is 0.254 e. The molecule has 2 aliphatic rings. The molecule has 21 heavy (non-hydrogen) atoms. The van der Waals surface area contributed by atoms with Gasteiger partial charge >= 0.3 is 0 Å². The van der Waals surface area contributed by atoms with Gasteiger partial charge in [-0.1, -0.05) is 6.07 Å². The molecule has 5 nitrogen and oxygen atoms in total. The van der Waals surface area contributed by atoms with Crippen LogP contribution < -0.4 is 5.32 Å². The van der Waals surface area contributed by atoms with E-state index < -0.39 is 0 Å². The highest BCUT2D eigenvalue weighted by atomic mass is 35.5. The van der Waals surface area contributed by atoms with E-state index in [4.69, 9.17) is 4.74 Å². The van der Waals surface area contributed by atoms with E-state index in [1.807, 2.05) is 18.2 Å². The number of carbonyl (C=O) groups is 1. The van der Waals surface area contributed by atoms with Crippen LogP contribution >= 0.6 is 12.4 Å². The van der Waals surface area contributed by atoms with Crippen molar-refractivity contribution in [3.8, 4) is 0 Å². The molecular weight excluding hydrogens is 292 g/mol. The van der Waals surface area contributed by atoms with Gasteiger partial charge in [0.15, 0.2) is 0 Å². The minimum Gasteiger partial charge on any atom is -0.394 e. The fraction of sp³-hybridized carbons (Fsp3) is 0.533. The van der Waals surface area contributed by atoms with E-state index in [9.17, 15) is 9.90 Å². The Morgan fingerprint density at radius 3 is 3.14 bits per heavy atom. The van der Waals surface area contributed by atoms with Gasteiger partial charge in [-0.15, -0.1) is 12.4 Å². The van der Waals surface area contributed by atoms with Crippen molar-refractivity contribution >= 4 is 24.0 Å². The Hall–Kier alpha value is -1.30. The van der Waals surface area contributed by atoms with Crippen LogP contribution in [0.5, 0.6) is 0 Å². The lowest BCUT2D eigenvalue weighted by Crippen LogP contribution is -2.47. The third-order valence-corrected chi connectivity index (χ3v) is 3.96. The average Bonchev–Trinajstić information content (AvgIpc) is 2.53. The highest BCUT2D eigenvalue weighted by Crippen LogP contribution is 2.26. The molecule has 1 aromatic carbocycles. The number of nitrogens with one attached hydrogen (secondary N) is 1. The van der Waals surface area contributed by atoms with Crippen molar-refractivity contribution in [3.05, 3.63) is 29.3 Å². The number of hydrogen-bond acceptors (Lipinski definition) is 4. The highest BCUT2D eigenvalue weighted by molar-refractivity contribution is 5.97. The standard InChI is InChI=1S/C15H20N2O3.ClH/c18-10-11-9-17(7-8-20-11)15(19)13-3-1-5-14-12(13)4-2-6-16-14;/h1,3,5,11,16,18H,2,4,6-10H2;1H. The van der Waals surface area contributed by atoms with Gasteiger partial charge in [-0.05, 0) is 30.5 Å². The maximum Gasteiger partial charge on any atom is 0.254 e. The van der Waals surface area contributed by atoms with E-state index >= 15 is 0 Å². The quantitative estimate of drug-likeness (QED) is 0.864. The van der Waals surface area contributed by atoms with E-state index in [2.05, 4.69) is 5.32 Å². The summed E-state index contributed by atoms with van der Waals surface area (Å²) in [5.41, 5.74) is 2.98. The third-order valence-electron chi connectivity index (χ3n) is 3.96. The van der Waals surface area contributed by atoms with Gasteiger partial charge in [0, 0.05) is 30.9 Å². The summed E-state index contributed by atoms with van der Waals surface area (Å²) in [5, 5.41) is 12.5. The predicted octanol–water partition coefficient (Wildman–Crippen LogP) is 1.30. The summed E-state index contributed by atoms with van der Waals surface area (Å²) in [6, 6.07) is 5.85. The molecule has 0 saturated carbocycles. The van der Waals surface area contributed by atoms with E-state index in [0.29, 0.717) is 19.7 Å². The molecule has 0 radical (unpaired) electrons. The Bertz CT molecular complexity index is 510. The highest BCUT2D eigenvalue weighted by Gasteiger charge is 2.27. The zero-order valence-electron chi connectivity index (χ0n) is 11.9. The molecule has 1 amide bonds. The number of benzene rings is 1. The number of halogens is 1. The number of amides is 1. The summed E-state index contributed by atoms with van der Waals surface area (Å²) in [6.07, 6.45) is 1.74. The maximum absolute atomic E-state index is 12.7. The number of hydrogen-bond donors (Lipinski definition) is 2. The first kappa shape index (κ1) is 16.1. The summed E-state index contributed by atoms with van der Waals surface area (Å²) >= 11 is 0. The molecule has 0 aromatic heterocycles. The Balaban J connectivity index is 0.00000161. The van der Waals surface area contributed by atoms with Crippen LogP contribution in [0.4, 0.5) is 5.69 Å². The fourth-order valence-electron chi connectivity index (χ4n) is 2.89. The van der Waals surface area contributed by atoms with Crippen LogP contribution in [0.25, 0.3) is 0 Å². The molecule has 2 N–H and O–H groups in total. The molecule has 1 fully saturated rings. The second kappa shape index (κ2) is 7.11. The largest absolute Gasteiger partial charge is 0.394 e. The van der Waals surface area contributed by atoms with Gasteiger partial charge < -0.3 is 20.1 Å². The normalized spacial score (nSPS) is 21.0. The number of morpholine rings is 1. The van der Waals surface area contributed by atoms with Gasteiger partial charge in [0.25, 0.3) is 5.91 Å². The number of aliphatic hydroxyl groups is 1. The molecule has 1 saturated heterocycles. The molecule has 2 heterocycles. The molecular formula is C15H21ClN2O3. The summed E-state index contributed by atoms with van der Waals surface area (Å²) in [6.45, 7) is 2.47. The van der Waals surface area contributed by atoms with Gasteiger partial charge in [0.05, 0.1) is 19.3 Å². The molecule has 3 rings (SSSR count). The Labute approximate surface area is 130 Å². The number of carbonyl (C=O) groups excluding carboxylic acids is 1. The van der Waals surface area contributed by atoms with E-state index in [1.165, 1.54) is 0 Å². The van der Waals surface area contributed by atoms with Gasteiger partial charge in [-0.25, -0.2) is 0 Å². The Morgan fingerprint density at radius 2 is 2.33 bits per heavy atom. The van der Waals surface area contributed by atoms with E-state index in [1.54, 1.807) is 4.90 Å². The van der Waals surface area contributed by atoms with Gasteiger partial charge in [0.2, 0.25) is 0 Å². The summed E-state index contributed by atoms with van der Waals surface area (Å²) in [5.74, 6) is 0.0484. The van der Waals surface area contributed by atoms with Gasteiger partial charge in [0.1, 0.15) is 0 Å². The number of aliphatic hydroxyl groups excluding tert-OH is 1. The topological polar surface area (TPSA) is 61.8 Å². The zero-order valence-corrected chi connectivity index (χ0v) is 12.7. The van der Waals surface area contributed by atoms with Crippen LogP contribution in [-0.2, 0) is 11.2 Å². The second-order valence-electron chi connectivity index (χ2n) is 5.29. The van der Waals surface area contributed by atoms with Crippen LogP contribution in [-0.4, -0.2) is 54.9 Å². The number of fused-ring (bicyclic) bond motifs is 1.